The molecule has 1 aromatic rings. The summed E-state index contributed by atoms with van der Waals surface area (Å²) in [6.45, 7) is 0.334. The van der Waals surface area contributed by atoms with E-state index in [4.69, 9.17) is 4.74 Å². The molecule has 4 atom stereocenters. The Morgan fingerprint density at radius 3 is 2.61 bits per heavy atom. The highest BCUT2D eigenvalue weighted by atomic mass is 16.5. The Kier molecular flexibility index (Phi) is 4.04. The van der Waals surface area contributed by atoms with Crippen LogP contribution >= 0.6 is 0 Å². The molecule has 0 radical (unpaired) electrons. The first-order chi connectivity index (χ1) is 11.0. The summed E-state index contributed by atoms with van der Waals surface area (Å²) in [6, 6.07) is 7.80. The van der Waals surface area contributed by atoms with Crippen molar-refractivity contribution >= 4 is 17.8 Å². The molecule has 7 nitrogen and oxygen atoms in total. The van der Waals surface area contributed by atoms with E-state index < -0.39 is 42.0 Å². The van der Waals surface area contributed by atoms with E-state index in [2.05, 4.69) is 4.74 Å². The maximum absolute atomic E-state index is 12.2. The van der Waals surface area contributed by atoms with Crippen LogP contribution in [0.25, 0.3) is 0 Å². The monoisotopic (exact) mass is 319 g/mol. The fourth-order valence-electron chi connectivity index (χ4n) is 3.29. The third-order valence-corrected chi connectivity index (χ3v) is 4.38. The van der Waals surface area contributed by atoms with Gasteiger partial charge in [0.1, 0.15) is 18.1 Å². The number of hydrogen-bond acceptors (Lipinski definition) is 6. The minimum absolute atomic E-state index is 0.334. The van der Waals surface area contributed by atoms with Crippen molar-refractivity contribution in [2.24, 2.45) is 5.92 Å². The molecule has 2 fully saturated rings. The van der Waals surface area contributed by atoms with Crippen LogP contribution in [0, 0.1) is 5.92 Å². The number of aliphatic hydroxyl groups is 1. The smallest absolute Gasteiger partial charge is 0.338 e. The van der Waals surface area contributed by atoms with Gasteiger partial charge in [0, 0.05) is 13.0 Å². The molecule has 1 amide bonds. The predicted molar refractivity (Wildman–Crippen MR) is 77.3 cm³/mol. The van der Waals surface area contributed by atoms with Gasteiger partial charge in [0.2, 0.25) is 0 Å². The van der Waals surface area contributed by atoms with Gasteiger partial charge in [-0.2, -0.15) is 0 Å². The second-order valence-electron chi connectivity index (χ2n) is 5.61. The van der Waals surface area contributed by atoms with Gasteiger partial charge in [-0.15, -0.1) is 0 Å². The van der Waals surface area contributed by atoms with Crippen LogP contribution in [0.3, 0.4) is 0 Å². The second kappa shape index (κ2) is 6.00. The summed E-state index contributed by atoms with van der Waals surface area (Å²) >= 11 is 0. The number of rotatable bonds is 3. The molecule has 0 unspecified atom stereocenters. The molecule has 1 aromatic carbocycles. The number of hydrogen-bond donors (Lipinski definition) is 1. The maximum atomic E-state index is 12.2. The first kappa shape index (κ1) is 15.5. The highest BCUT2D eigenvalue weighted by Gasteiger charge is 2.58. The van der Waals surface area contributed by atoms with E-state index in [-0.39, 0.29) is 0 Å². The first-order valence-corrected chi connectivity index (χ1v) is 7.37. The lowest BCUT2D eigenvalue weighted by Crippen LogP contribution is -2.42. The second-order valence-corrected chi connectivity index (χ2v) is 5.61. The molecule has 2 heterocycles. The Labute approximate surface area is 132 Å². The number of amides is 1. The number of benzene rings is 1. The van der Waals surface area contributed by atoms with Crippen LogP contribution in [-0.4, -0.2) is 59.8 Å². The van der Waals surface area contributed by atoms with E-state index in [9.17, 15) is 19.5 Å². The van der Waals surface area contributed by atoms with Crippen LogP contribution in [0.4, 0.5) is 0 Å². The normalized spacial score (nSPS) is 29.3. The van der Waals surface area contributed by atoms with Gasteiger partial charge >= 0.3 is 11.9 Å². The van der Waals surface area contributed by atoms with Crippen molar-refractivity contribution < 1.29 is 29.0 Å². The van der Waals surface area contributed by atoms with Crippen LogP contribution < -0.4 is 0 Å². The van der Waals surface area contributed by atoms with Gasteiger partial charge in [0.25, 0.3) is 5.91 Å². The summed E-state index contributed by atoms with van der Waals surface area (Å²) in [4.78, 5) is 37.6. The highest BCUT2D eigenvalue weighted by Crippen LogP contribution is 2.36. The first-order valence-electron chi connectivity index (χ1n) is 7.37. The summed E-state index contributed by atoms with van der Waals surface area (Å²) in [7, 11) is 1.20. The zero-order valence-corrected chi connectivity index (χ0v) is 12.5. The molecule has 0 spiro atoms. The molecule has 122 valence electrons. The van der Waals surface area contributed by atoms with E-state index in [1.54, 1.807) is 30.3 Å². The van der Waals surface area contributed by atoms with E-state index in [0.29, 0.717) is 18.5 Å². The Balaban J connectivity index is 1.80. The van der Waals surface area contributed by atoms with Crippen molar-refractivity contribution in [3.63, 3.8) is 0 Å². The quantitative estimate of drug-likeness (QED) is 0.787. The van der Waals surface area contributed by atoms with E-state index >= 15 is 0 Å². The number of ether oxygens (including phenoxy) is 2. The van der Waals surface area contributed by atoms with Crippen LogP contribution in [0.5, 0.6) is 0 Å². The molecule has 23 heavy (non-hydrogen) atoms. The lowest BCUT2D eigenvalue weighted by atomic mass is 9.94. The van der Waals surface area contributed by atoms with Gasteiger partial charge in [-0.3, -0.25) is 9.59 Å². The predicted octanol–water partition coefficient (Wildman–Crippen LogP) is -0.0234. The average Bonchev–Trinajstić information content (AvgIpc) is 3.08. The standard InChI is InChI=1S/C16H17NO6/c1-22-16(21)11-12-10(7-8-17(12)14(19)13(11)18)23-15(20)9-5-3-2-4-6-9/h2-6,10-13,18H,7-8H2,1H3/t10-,11-,12-,13+/m1/s1. The molecular weight excluding hydrogens is 302 g/mol. The molecule has 1 N–H and O–H groups in total. The fourth-order valence-corrected chi connectivity index (χ4v) is 3.29. The van der Waals surface area contributed by atoms with Gasteiger partial charge < -0.3 is 19.5 Å². The molecule has 0 bridgehead atoms. The van der Waals surface area contributed by atoms with Crippen LogP contribution in [0.1, 0.15) is 16.8 Å². The number of fused-ring (bicyclic) bond motifs is 1. The Morgan fingerprint density at radius 1 is 1.26 bits per heavy atom. The van der Waals surface area contributed by atoms with Gasteiger partial charge in [-0.25, -0.2) is 4.79 Å². The third-order valence-electron chi connectivity index (χ3n) is 4.38. The third kappa shape index (κ3) is 2.57. The Morgan fingerprint density at radius 2 is 1.96 bits per heavy atom. The number of methoxy groups -OCH3 is 1. The van der Waals surface area contributed by atoms with Crippen molar-refractivity contribution in [3.05, 3.63) is 35.9 Å². The molecule has 0 aromatic heterocycles. The van der Waals surface area contributed by atoms with Crippen molar-refractivity contribution in [3.8, 4) is 0 Å². The molecule has 0 saturated carbocycles. The molecule has 2 aliphatic heterocycles. The summed E-state index contributed by atoms with van der Waals surface area (Å²) in [6.07, 6.45) is -1.67. The van der Waals surface area contributed by atoms with Crippen molar-refractivity contribution in [2.75, 3.05) is 13.7 Å². The van der Waals surface area contributed by atoms with E-state index in [0.717, 1.165) is 0 Å². The minimum atomic E-state index is -1.45. The number of carbonyl (C=O) groups is 3. The molecule has 2 saturated heterocycles. The lowest BCUT2D eigenvalue weighted by molar-refractivity contribution is -0.151. The molecule has 2 aliphatic rings. The van der Waals surface area contributed by atoms with Crippen molar-refractivity contribution in [2.45, 2.75) is 24.7 Å². The van der Waals surface area contributed by atoms with Crippen LogP contribution in [0.15, 0.2) is 30.3 Å². The summed E-state index contributed by atoms with van der Waals surface area (Å²) in [5, 5.41) is 10.0. The molecular formula is C16H17NO6. The highest BCUT2D eigenvalue weighted by molar-refractivity contribution is 5.93. The largest absolute Gasteiger partial charge is 0.469 e. The van der Waals surface area contributed by atoms with E-state index in [1.807, 2.05) is 0 Å². The molecule has 0 aliphatic carbocycles. The lowest BCUT2D eigenvalue weighted by Gasteiger charge is -2.24. The van der Waals surface area contributed by atoms with Gasteiger partial charge in [0.05, 0.1) is 18.7 Å². The van der Waals surface area contributed by atoms with Gasteiger partial charge in [0.15, 0.2) is 0 Å². The SMILES string of the molecule is COC(=O)[C@@H]1[C@H]2[C@H](OC(=O)c3ccccc3)CCN2C(=O)[C@H]1O. The van der Waals surface area contributed by atoms with Gasteiger partial charge in [-0.05, 0) is 12.1 Å². The number of carbonyl (C=O) groups excluding carboxylic acids is 3. The molecule has 7 heteroatoms. The van der Waals surface area contributed by atoms with Crippen molar-refractivity contribution in [1.82, 2.24) is 4.90 Å². The molecule has 3 rings (SSSR count). The zero-order valence-electron chi connectivity index (χ0n) is 12.5. The van der Waals surface area contributed by atoms with Gasteiger partial charge in [-0.1, -0.05) is 18.2 Å². The Hall–Kier alpha value is -2.41. The Bertz CT molecular complexity index is 631. The summed E-state index contributed by atoms with van der Waals surface area (Å²) in [5.41, 5.74) is 0.394. The average molecular weight is 319 g/mol. The minimum Gasteiger partial charge on any atom is -0.469 e. The zero-order chi connectivity index (χ0) is 16.6. The fraction of sp³-hybridized carbons (Fsp3) is 0.438. The summed E-state index contributed by atoms with van der Waals surface area (Å²) < 4.78 is 10.2. The number of esters is 2. The van der Waals surface area contributed by atoms with E-state index in [1.165, 1.54) is 12.0 Å². The maximum Gasteiger partial charge on any atom is 0.338 e. The summed E-state index contributed by atoms with van der Waals surface area (Å²) in [5.74, 6) is -2.76. The van der Waals surface area contributed by atoms with Crippen molar-refractivity contribution in [1.29, 1.82) is 0 Å². The topological polar surface area (TPSA) is 93.1 Å². The number of aliphatic hydroxyl groups excluding tert-OH is 1. The van der Waals surface area contributed by atoms with Crippen LogP contribution in [-0.2, 0) is 19.1 Å². The van der Waals surface area contributed by atoms with Crippen LogP contribution in [0.2, 0.25) is 0 Å². The number of nitrogens with zero attached hydrogens (tertiary/aromatic N) is 1.